The summed E-state index contributed by atoms with van der Waals surface area (Å²) >= 11 is 5.94. The van der Waals surface area contributed by atoms with E-state index < -0.39 is 0 Å². The maximum atomic E-state index is 11.1. The molecule has 0 fully saturated rings. The molecule has 0 amide bonds. The number of aryl methyl sites for hydroxylation is 2. The molecule has 6 heteroatoms. The van der Waals surface area contributed by atoms with Gasteiger partial charge in [0.1, 0.15) is 16.8 Å². The second-order valence-electron chi connectivity index (χ2n) is 4.26. The number of carbonyl (C=O) groups is 1. The first-order valence-corrected chi connectivity index (χ1v) is 6.69. The summed E-state index contributed by atoms with van der Waals surface area (Å²) in [4.78, 5) is 23.6. The number of aldehydes is 1. The number of rotatable bonds is 5. The molecular weight excluding hydrogens is 276 g/mol. The van der Waals surface area contributed by atoms with Crippen molar-refractivity contribution in [3.8, 4) is 0 Å². The first kappa shape index (κ1) is 14.4. The minimum Gasteiger partial charge on any atom is -0.364 e. The molecule has 104 valence electrons. The smallest absolute Gasteiger partial charge is 0.156 e. The van der Waals surface area contributed by atoms with Gasteiger partial charge in [0.05, 0.1) is 17.8 Å². The molecule has 5 nitrogen and oxygen atoms in total. The molecule has 0 aliphatic heterocycles. The minimum absolute atomic E-state index is 0.159. The lowest BCUT2D eigenvalue weighted by atomic mass is 10.1. The molecule has 2 heterocycles. The van der Waals surface area contributed by atoms with Crippen LogP contribution in [0.1, 0.15) is 34.4 Å². The summed E-state index contributed by atoms with van der Waals surface area (Å²) in [6.45, 7) is 4.28. The normalized spacial score (nSPS) is 10.3. The van der Waals surface area contributed by atoms with Crippen molar-refractivity contribution in [1.29, 1.82) is 0 Å². The number of halogens is 1. The number of nitrogens with one attached hydrogen (secondary N) is 1. The van der Waals surface area contributed by atoms with Crippen LogP contribution in [-0.2, 0) is 13.0 Å². The minimum atomic E-state index is 0.159. The first-order chi connectivity index (χ1) is 9.65. The van der Waals surface area contributed by atoms with Crippen molar-refractivity contribution in [2.75, 3.05) is 5.32 Å². The van der Waals surface area contributed by atoms with Gasteiger partial charge in [-0.05, 0) is 25.0 Å². The van der Waals surface area contributed by atoms with E-state index >= 15 is 0 Å². The van der Waals surface area contributed by atoms with Crippen molar-refractivity contribution < 1.29 is 4.79 Å². The molecule has 0 unspecified atom stereocenters. The van der Waals surface area contributed by atoms with Gasteiger partial charge < -0.3 is 5.32 Å². The molecule has 0 atom stereocenters. The fourth-order valence-electron chi connectivity index (χ4n) is 1.91. The third kappa shape index (κ3) is 3.11. The second kappa shape index (κ2) is 6.43. The fraction of sp³-hybridized carbons (Fsp3) is 0.286. The molecule has 0 aromatic carbocycles. The van der Waals surface area contributed by atoms with E-state index in [0.29, 0.717) is 24.5 Å². The number of carbonyl (C=O) groups excluding carboxylic acids is 1. The summed E-state index contributed by atoms with van der Waals surface area (Å²) in [7, 11) is 0. The lowest BCUT2D eigenvalue weighted by Gasteiger charge is -2.11. The molecule has 0 aliphatic rings. The van der Waals surface area contributed by atoms with Gasteiger partial charge in [0.2, 0.25) is 0 Å². The molecule has 20 heavy (non-hydrogen) atoms. The standard InChI is InChI=1S/C14H15ClN4O/c1-3-10-5-4-6-16-12(10)7-17-14-11(8-20)13(15)18-9(2)19-14/h4-6,8H,3,7H2,1-2H3,(H,17,18,19). The quantitative estimate of drug-likeness (QED) is 0.677. The van der Waals surface area contributed by atoms with Gasteiger partial charge in [-0.15, -0.1) is 0 Å². The van der Waals surface area contributed by atoms with E-state index in [1.165, 1.54) is 0 Å². The summed E-state index contributed by atoms with van der Waals surface area (Å²) in [5, 5.41) is 3.27. The molecule has 2 aromatic heterocycles. The number of hydrogen-bond donors (Lipinski definition) is 1. The summed E-state index contributed by atoms with van der Waals surface area (Å²) < 4.78 is 0. The number of pyridine rings is 1. The zero-order chi connectivity index (χ0) is 14.5. The molecule has 2 aromatic rings. The maximum absolute atomic E-state index is 11.1. The first-order valence-electron chi connectivity index (χ1n) is 6.31. The molecule has 0 bridgehead atoms. The molecule has 0 saturated heterocycles. The monoisotopic (exact) mass is 290 g/mol. The third-order valence-corrected chi connectivity index (χ3v) is 3.21. The van der Waals surface area contributed by atoms with Crippen molar-refractivity contribution in [3.05, 3.63) is 46.1 Å². The van der Waals surface area contributed by atoms with Gasteiger partial charge in [0.15, 0.2) is 6.29 Å². The van der Waals surface area contributed by atoms with Crippen LogP contribution >= 0.6 is 11.6 Å². The van der Waals surface area contributed by atoms with E-state index in [1.54, 1.807) is 13.1 Å². The molecule has 0 aliphatic carbocycles. The Morgan fingerprint density at radius 2 is 2.20 bits per heavy atom. The zero-order valence-corrected chi connectivity index (χ0v) is 12.1. The highest BCUT2D eigenvalue weighted by Crippen LogP contribution is 2.19. The summed E-state index contributed by atoms with van der Waals surface area (Å²) in [6, 6.07) is 3.94. The average molecular weight is 291 g/mol. The average Bonchev–Trinajstić information content (AvgIpc) is 2.45. The van der Waals surface area contributed by atoms with Crippen molar-refractivity contribution in [2.45, 2.75) is 26.8 Å². The van der Waals surface area contributed by atoms with Gasteiger partial charge >= 0.3 is 0 Å². The van der Waals surface area contributed by atoms with Gasteiger partial charge in [0, 0.05) is 6.20 Å². The molecule has 0 saturated carbocycles. The summed E-state index contributed by atoms with van der Waals surface area (Å²) in [5.74, 6) is 0.949. The SMILES string of the molecule is CCc1cccnc1CNc1nc(C)nc(Cl)c1C=O. The number of aromatic nitrogens is 3. The molecule has 1 N–H and O–H groups in total. The Labute approximate surface area is 122 Å². The Hall–Kier alpha value is -2.01. The van der Waals surface area contributed by atoms with Gasteiger partial charge in [0.25, 0.3) is 0 Å². The maximum Gasteiger partial charge on any atom is 0.156 e. The zero-order valence-electron chi connectivity index (χ0n) is 11.4. The Bertz CT molecular complexity index is 631. The topological polar surface area (TPSA) is 67.8 Å². The van der Waals surface area contributed by atoms with Crippen molar-refractivity contribution >= 4 is 23.7 Å². The van der Waals surface area contributed by atoms with Crippen molar-refractivity contribution in [3.63, 3.8) is 0 Å². The predicted octanol–water partition coefficient (Wildman–Crippen LogP) is 2.82. The van der Waals surface area contributed by atoms with Gasteiger partial charge in [-0.2, -0.15) is 0 Å². The van der Waals surface area contributed by atoms with Gasteiger partial charge in [-0.1, -0.05) is 24.6 Å². The Balaban J connectivity index is 2.25. The van der Waals surface area contributed by atoms with E-state index in [1.807, 2.05) is 12.1 Å². The Morgan fingerprint density at radius 3 is 2.90 bits per heavy atom. The largest absolute Gasteiger partial charge is 0.364 e. The molecular formula is C14H15ClN4O. The number of nitrogens with zero attached hydrogens (tertiary/aromatic N) is 3. The van der Waals surface area contributed by atoms with E-state index in [4.69, 9.17) is 11.6 Å². The Morgan fingerprint density at radius 1 is 1.40 bits per heavy atom. The van der Waals surface area contributed by atoms with Crippen LogP contribution in [0.5, 0.6) is 0 Å². The van der Waals surface area contributed by atoms with Crippen LogP contribution in [0.25, 0.3) is 0 Å². The lowest BCUT2D eigenvalue weighted by Crippen LogP contribution is -2.09. The Kier molecular flexibility index (Phi) is 4.63. The highest BCUT2D eigenvalue weighted by molar-refractivity contribution is 6.32. The van der Waals surface area contributed by atoms with Gasteiger partial charge in [-0.3, -0.25) is 9.78 Å². The van der Waals surface area contributed by atoms with Gasteiger partial charge in [-0.25, -0.2) is 9.97 Å². The van der Waals surface area contributed by atoms with E-state index in [2.05, 4.69) is 27.2 Å². The van der Waals surface area contributed by atoms with Crippen LogP contribution in [0.15, 0.2) is 18.3 Å². The van der Waals surface area contributed by atoms with E-state index in [0.717, 1.165) is 17.7 Å². The van der Waals surface area contributed by atoms with Crippen LogP contribution < -0.4 is 5.32 Å². The lowest BCUT2D eigenvalue weighted by molar-refractivity contribution is 0.112. The van der Waals surface area contributed by atoms with Crippen LogP contribution in [0.2, 0.25) is 5.15 Å². The van der Waals surface area contributed by atoms with Crippen LogP contribution in [0, 0.1) is 6.92 Å². The van der Waals surface area contributed by atoms with Crippen molar-refractivity contribution in [1.82, 2.24) is 15.0 Å². The predicted molar refractivity (Wildman–Crippen MR) is 78.1 cm³/mol. The molecule has 2 rings (SSSR count). The number of hydrogen-bond acceptors (Lipinski definition) is 5. The van der Waals surface area contributed by atoms with Crippen LogP contribution in [-0.4, -0.2) is 21.2 Å². The highest BCUT2D eigenvalue weighted by Gasteiger charge is 2.11. The fourth-order valence-corrected chi connectivity index (χ4v) is 2.16. The van der Waals surface area contributed by atoms with E-state index in [9.17, 15) is 4.79 Å². The summed E-state index contributed by atoms with van der Waals surface area (Å²) in [5.41, 5.74) is 2.36. The highest BCUT2D eigenvalue weighted by atomic mass is 35.5. The number of anilines is 1. The van der Waals surface area contributed by atoms with Crippen LogP contribution in [0.3, 0.4) is 0 Å². The second-order valence-corrected chi connectivity index (χ2v) is 4.62. The molecule has 0 spiro atoms. The van der Waals surface area contributed by atoms with Crippen molar-refractivity contribution in [2.24, 2.45) is 0 Å². The van der Waals surface area contributed by atoms with E-state index in [-0.39, 0.29) is 10.7 Å². The van der Waals surface area contributed by atoms with Crippen LogP contribution in [0.4, 0.5) is 5.82 Å². The third-order valence-electron chi connectivity index (χ3n) is 2.92. The summed E-state index contributed by atoms with van der Waals surface area (Å²) in [6.07, 6.45) is 3.30. The molecule has 0 radical (unpaired) electrons.